The minimum Gasteiger partial charge on any atom is -0.488 e. The van der Waals surface area contributed by atoms with E-state index in [9.17, 15) is 14.4 Å². The van der Waals surface area contributed by atoms with Gasteiger partial charge in [0, 0.05) is 11.6 Å². The number of hydrogen-bond acceptors (Lipinski definition) is 5. The maximum Gasteiger partial charge on any atom is 0.337 e. The van der Waals surface area contributed by atoms with Gasteiger partial charge in [-0.1, -0.05) is 0 Å². The van der Waals surface area contributed by atoms with Crippen molar-refractivity contribution in [1.82, 2.24) is 0 Å². The van der Waals surface area contributed by atoms with Crippen molar-refractivity contribution in [2.75, 3.05) is 13.7 Å². The molecule has 0 saturated carbocycles. The number of ketones is 1. The van der Waals surface area contributed by atoms with E-state index in [2.05, 4.69) is 4.74 Å². The molecular formula is C13H10O5. The van der Waals surface area contributed by atoms with Crippen LogP contribution in [-0.4, -0.2) is 31.8 Å². The van der Waals surface area contributed by atoms with E-state index < -0.39 is 5.97 Å². The molecule has 92 valence electrons. The Labute approximate surface area is 103 Å². The Kier molecular flexibility index (Phi) is 3.23. The van der Waals surface area contributed by atoms with Gasteiger partial charge in [-0.05, 0) is 18.2 Å². The molecule has 0 spiro atoms. The molecule has 0 bridgehead atoms. The molecule has 5 nitrogen and oxygen atoms in total. The molecule has 0 radical (unpaired) electrons. The molecular weight excluding hydrogens is 236 g/mol. The number of carbonyl (C=O) groups is 3. The first-order valence-corrected chi connectivity index (χ1v) is 5.21. The summed E-state index contributed by atoms with van der Waals surface area (Å²) >= 11 is 0. The van der Waals surface area contributed by atoms with Crippen molar-refractivity contribution in [1.29, 1.82) is 0 Å². The fourth-order valence-electron chi connectivity index (χ4n) is 1.62. The first kappa shape index (κ1) is 12.0. The predicted molar refractivity (Wildman–Crippen MR) is 61.8 cm³/mol. The molecule has 1 heterocycles. The van der Waals surface area contributed by atoms with E-state index in [1.807, 2.05) is 0 Å². The fraction of sp³-hybridized carbons (Fsp3) is 0.154. The molecule has 1 aliphatic rings. The van der Waals surface area contributed by atoms with Crippen LogP contribution in [0.15, 0.2) is 29.8 Å². The fourth-order valence-corrected chi connectivity index (χ4v) is 1.62. The van der Waals surface area contributed by atoms with Crippen LogP contribution in [0.5, 0.6) is 5.75 Å². The van der Waals surface area contributed by atoms with Gasteiger partial charge in [-0.25, -0.2) is 4.79 Å². The number of allylic oxidation sites excluding steroid dienone is 1. The Balaban J connectivity index is 2.42. The highest BCUT2D eigenvalue weighted by Gasteiger charge is 2.21. The standard InChI is InChI=1S/C13H10O5/c1-17-13(16)9-5-11(15)10-4-8(6-14)2-3-12(10)18-7-9/h2-6H,7H2,1H3. The maximum atomic E-state index is 11.9. The van der Waals surface area contributed by atoms with Crippen molar-refractivity contribution in [3.8, 4) is 5.75 Å². The zero-order chi connectivity index (χ0) is 13.1. The van der Waals surface area contributed by atoms with Crippen LogP contribution in [0, 0.1) is 0 Å². The van der Waals surface area contributed by atoms with Crippen LogP contribution < -0.4 is 4.74 Å². The third-order valence-corrected chi connectivity index (χ3v) is 2.54. The zero-order valence-corrected chi connectivity index (χ0v) is 9.64. The Bertz CT molecular complexity index is 557. The Morgan fingerprint density at radius 2 is 2.22 bits per heavy atom. The quantitative estimate of drug-likeness (QED) is 0.578. The molecule has 1 aliphatic heterocycles. The molecule has 2 rings (SSSR count). The van der Waals surface area contributed by atoms with E-state index in [1.165, 1.54) is 25.3 Å². The molecule has 0 atom stereocenters. The first-order valence-electron chi connectivity index (χ1n) is 5.21. The van der Waals surface area contributed by atoms with Crippen LogP contribution in [0.1, 0.15) is 20.7 Å². The number of aldehydes is 1. The molecule has 18 heavy (non-hydrogen) atoms. The number of hydrogen-bond donors (Lipinski definition) is 0. The third-order valence-electron chi connectivity index (χ3n) is 2.54. The molecule has 0 amide bonds. The normalized spacial score (nSPS) is 13.8. The van der Waals surface area contributed by atoms with Crippen molar-refractivity contribution < 1.29 is 23.9 Å². The molecule has 0 saturated heterocycles. The number of fused-ring (bicyclic) bond motifs is 1. The zero-order valence-electron chi connectivity index (χ0n) is 9.64. The summed E-state index contributed by atoms with van der Waals surface area (Å²) in [7, 11) is 1.23. The number of carbonyl (C=O) groups excluding carboxylic acids is 3. The van der Waals surface area contributed by atoms with Crippen molar-refractivity contribution in [3.63, 3.8) is 0 Å². The lowest BCUT2D eigenvalue weighted by molar-refractivity contribution is -0.136. The SMILES string of the molecule is COC(=O)C1=CC(=O)c2cc(C=O)ccc2OC1. The predicted octanol–water partition coefficient (Wildman–Crippen LogP) is 1.17. The van der Waals surface area contributed by atoms with Gasteiger partial charge in [0.2, 0.25) is 0 Å². The van der Waals surface area contributed by atoms with E-state index in [0.717, 1.165) is 0 Å². The summed E-state index contributed by atoms with van der Waals surface area (Å²) in [6.45, 7) is -0.0359. The highest BCUT2D eigenvalue weighted by atomic mass is 16.5. The van der Waals surface area contributed by atoms with Crippen LogP contribution in [0.4, 0.5) is 0 Å². The van der Waals surface area contributed by atoms with Crippen LogP contribution >= 0.6 is 0 Å². The average molecular weight is 246 g/mol. The van der Waals surface area contributed by atoms with Crippen LogP contribution in [0.25, 0.3) is 0 Å². The van der Waals surface area contributed by atoms with E-state index in [0.29, 0.717) is 17.6 Å². The summed E-state index contributed by atoms with van der Waals surface area (Å²) in [5, 5.41) is 0. The van der Waals surface area contributed by atoms with Gasteiger partial charge in [0.05, 0.1) is 18.2 Å². The lowest BCUT2D eigenvalue weighted by atomic mass is 10.1. The van der Waals surface area contributed by atoms with E-state index in [-0.39, 0.29) is 23.5 Å². The molecule has 0 unspecified atom stereocenters. The second-order valence-electron chi connectivity index (χ2n) is 3.69. The summed E-state index contributed by atoms with van der Waals surface area (Å²) in [5.74, 6) is -0.640. The Morgan fingerprint density at radius 3 is 2.89 bits per heavy atom. The summed E-state index contributed by atoms with van der Waals surface area (Å²) < 4.78 is 9.89. The van der Waals surface area contributed by atoms with Crippen molar-refractivity contribution in [2.24, 2.45) is 0 Å². The highest BCUT2D eigenvalue weighted by Crippen LogP contribution is 2.24. The lowest BCUT2D eigenvalue weighted by Gasteiger charge is -2.07. The summed E-state index contributed by atoms with van der Waals surface area (Å²) in [6.07, 6.45) is 1.82. The molecule has 0 fully saturated rings. The van der Waals surface area contributed by atoms with Gasteiger partial charge < -0.3 is 9.47 Å². The monoisotopic (exact) mass is 246 g/mol. The molecule has 5 heteroatoms. The minimum atomic E-state index is -0.605. The van der Waals surface area contributed by atoms with Crippen LogP contribution in [0.2, 0.25) is 0 Å². The van der Waals surface area contributed by atoms with Gasteiger partial charge in [-0.2, -0.15) is 0 Å². The van der Waals surface area contributed by atoms with Gasteiger partial charge in [0.25, 0.3) is 0 Å². The highest BCUT2D eigenvalue weighted by molar-refractivity contribution is 6.11. The van der Waals surface area contributed by atoms with E-state index in [4.69, 9.17) is 4.74 Å². The van der Waals surface area contributed by atoms with Crippen molar-refractivity contribution >= 4 is 18.0 Å². The molecule has 0 aromatic heterocycles. The van der Waals surface area contributed by atoms with Gasteiger partial charge in [0.15, 0.2) is 5.78 Å². The number of methoxy groups -OCH3 is 1. The Morgan fingerprint density at radius 1 is 1.44 bits per heavy atom. The number of benzene rings is 1. The average Bonchev–Trinajstić information content (AvgIpc) is 2.57. The second kappa shape index (κ2) is 4.83. The topological polar surface area (TPSA) is 69.7 Å². The third kappa shape index (κ3) is 2.15. The number of ether oxygens (including phenoxy) is 2. The van der Waals surface area contributed by atoms with Gasteiger partial charge in [-0.15, -0.1) is 0 Å². The van der Waals surface area contributed by atoms with Gasteiger partial charge in [-0.3, -0.25) is 9.59 Å². The van der Waals surface area contributed by atoms with Crippen LogP contribution in [-0.2, 0) is 9.53 Å². The van der Waals surface area contributed by atoms with Gasteiger partial charge >= 0.3 is 5.97 Å². The van der Waals surface area contributed by atoms with E-state index in [1.54, 1.807) is 6.07 Å². The molecule has 0 aliphatic carbocycles. The summed E-state index contributed by atoms with van der Waals surface area (Å²) in [5.41, 5.74) is 0.783. The number of rotatable bonds is 2. The largest absolute Gasteiger partial charge is 0.488 e. The van der Waals surface area contributed by atoms with Crippen molar-refractivity contribution in [2.45, 2.75) is 0 Å². The molecule has 1 aromatic carbocycles. The lowest BCUT2D eigenvalue weighted by Crippen LogP contribution is -2.12. The second-order valence-corrected chi connectivity index (χ2v) is 3.69. The smallest absolute Gasteiger partial charge is 0.337 e. The summed E-state index contributed by atoms with van der Waals surface area (Å²) in [4.78, 5) is 33.9. The van der Waals surface area contributed by atoms with Gasteiger partial charge in [0.1, 0.15) is 18.6 Å². The first-order chi connectivity index (χ1) is 8.65. The Hall–Kier alpha value is -2.43. The maximum absolute atomic E-state index is 11.9. The molecule has 1 aromatic rings. The molecule has 0 N–H and O–H groups in total. The number of esters is 1. The van der Waals surface area contributed by atoms with Crippen molar-refractivity contribution in [3.05, 3.63) is 41.0 Å². The van der Waals surface area contributed by atoms with E-state index >= 15 is 0 Å². The summed E-state index contributed by atoms with van der Waals surface area (Å²) in [6, 6.07) is 4.51. The van der Waals surface area contributed by atoms with Crippen LogP contribution in [0.3, 0.4) is 0 Å². The minimum absolute atomic E-state index is 0.0359.